The first-order valence-corrected chi connectivity index (χ1v) is 12.2. The number of nitrogens with zero attached hydrogens (tertiary/aromatic N) is 3. The molecule has 0 saturated carbocycles. The van der Waals surface area contributed by atoms with Gasteiger partial charge >= 0.3 is 0 Å². The van der Waals surface area contributed by atoms with E-state index in [1.807, 2.05) is 4.90 Å². The van der Waals surface area contributed by atoms with Crippen LogP contribution in [0, 0.1) is 21.8 Å². The lowest BCUT2D eigenvalue weighted by atomic mass is 9.70. The van der Waals surface area contributed by atoms with Crippen molar-refractivity contribution >= 4 is 34.8 Å². The molecule has 1 aromatic heterocycles. The lowest BCUT2D eigenvalue weighted by Gasteiger charge is -2.36. The van der Waals surface area contributed by atoms with Gasteiger partial charge in [-0.1, -0.05) is 18.2 Å². The topological polar surface area (TPSA) is 105 Å². The third kappa shape index (κ3) is 3.06. The van der Waals surface area contributed by atoms with Crippen molar-refractivity contribution in [2.75, 3.05) is 16.9 Å². The number of nitrogens with one attached hydrogen (secondary N) is 1. The van der Waals surface area contributed by atoms with Crippen LogP contribution in [-0.2, 0) is 10.3 Å². The van der Waals surface area contributed by atoms with Crippen molar-refractivity contribution in [3.63, 3.8) is 0 Å². The van der Waals surface area contributed by atoms with Crippen LogP contribution in [0.1, 0.15) is 27.5 Å². The largest absolute Gasteiger partial charge is 0.324 e. The molecule has 8 nitrogen and oxygen atoms in total. The van der Waals surface area contributed by atoms with Crippen molar-refractivity contribution in [3.8, 4) is 0 Å². The number of nitro benzene ring substituents is 1. The fourth-order valence-corrected chi connectivity index (χ4v) is 7.23. The monoisotopic (exact) mass is 490 g/mol. The number of non-ortho nitro benzene ring substituents is 1. The van der Waals surface area contributed by atoms with Crippen LogP contribution in [0.5, 0.6) is 0 Å². The predicted octanol–water partition coefficient (Wildman–Crippen LogP) is 3.95. The van der Waals surface area contributed by atoms with Crippen LogP contribution in [0.25, 0.3) is 0 Å². The number of aromatic nitrogens is 1. The second kappa shape index (κ2) is 7.96. The van der Waals surface area contributed by atoms with Crippen LogP contribution in [-0.4, -0.2) is 44.2 Å². The van der Waals surface area contributed by atoms with Gasteiger partial charge in [-0.3, -0.25) is 29.6 Å². The summed E-state index contributed by atoms with van der Waals surface area (Å²) in [5.74, 6) is -1.40. The Morgan fingerprint density at radius 3 is 2.71 bits per heavy atom. The number of hydrogen-bond acceptors (Lipinski definition) is 7. The number of ketones is 1. The Morgan fingerprint density at radius 2 is 2.00 bits per heavy atom. The molecular formula is C25H19FN4O4S. The first kappa shape index (κ1) is 21.9. The Balaban J connectivity index is 1.60. The molecule has 2 saturated heterocycles. The fraction of sp³-hybridized carbons (Fsp3) is 0.240. The van der Waals surface area contributed by atoms with E-state index < -0.39 is 28.1 Å². The summed E-state index contributed by atoms with van der Waals surface area (Å²) in [6.07, 6.45) is 1.52. The van der Waals surface area contributed by atoms with Gasteiger partial charge in [-0.15, -0.1) is 11.8 Å². The molecule has 0 radical (unpaired) electrons. The number of rotatable bonds is 4. The fourth-order valence-electron chi connectivity index (χ4n) is 5.91. The number of nitro groups is 1. The van der Waals surface area contributed by atoms with Crippen LogP contribution >= 0.6 is 11.8 Å². The van der Waals surface area contributed by atoms with Gasteiger partial charge in [0.15, 0.2) is 5.78 Å². The highest BCUT2D eigenvalue weighted by Crippen LogP contribution is 2.61. The van der Waals surface area contributed by atoms with Gasteiger partial charge in [0, 0.05) is 53.2 Å². The highest BCUT2D eigenvalue weighted by atomic mass is 32.2. The molecule has 35 heavy (non-hydrogen) atoms. The first-order valence-electron chi connectivity index (χ1n) is 11.1. The van der Waals surface area contributed by atoms with E-state index in [0.717, 1.165) is 5.56 Å². The smallest absolute Gasteiger partial charge is 0.269 e. The molecule has 1 amide bonds. The van der Waals surface area contributed by atoms with Gasteiger partial charge in [0.1, 0.15) is 17.1 Å². The Morgan fingerprint density at radius 1 is 1.20 bits per heavy atom. The van der Waals surface area contributed by atoms with E-state index in [2.05, 4.69) is 10.3 Å². The van der Waals surface area contributed by atoms with Crippen molar-refractivity contribution in [1.29, 1.82) is 0 Å². The number of anilines is 1. The summed E-state index contributed by atoms with van der Waals surface area (Å²) in [6, 6.07) is 15.1. The average molecular weight is 491 g/mol. The van der Waals surface area contributed by atoms with E-state index in [0.29, 0.717) is 22.9 Å². The minimum Gasteiger partial charge on any atom is -0.324 e. The molecule has 1 spiro atoms. The SMILES string of the molecule is O=C(c1ccccn1)[C@@H]1[C@H](c2ccc([N+](=O)[O-])cc2)[C@H]2CSCN2[C@]12C(=O)Nc1ccc(F)cc12. The third-order valence-corrected chi connectivity index (χ3v) is 8.31. The molecule has 6 rings (SSSR count). The van der Waals surface area contributed by atoms with Crippen LogP contribution in [0.2, 0.25) is 0 Å². The van der Waals surface area contributed by atoms with Crippen molar-refractivity contribution in [2.45, 2.75) is 17.5 Å². The lowest BCUT2D eigenvalue weighted by molar-refractivity contribution is -0.384. The number of halogens is 1. The lowest BCUT2D eigenvalue weighted by Crippen LogP contribution is -2.52. The summed E-state index contributed by atoms with van der Waals surface area (Å²) in [5, 5.41) is 14.1. The number of fused-ring (bicyclic) bond motifs is 4. The predicted molar refractivity (Wildman–Crippen MR) is 128 cm³/mol. The van der Waals surface area contributed by atoms with Crippen molar-refractivity contribution in [3.05, 3.63) is 99.6 Å². The molecule has 2 aromatic carbocycles. The number of thioether (sulfide) groups is 1. The molecule has 4 heterocycles. The number of Topliss-reactive ketones (excluding diaryl/α,β-unsaturated/α-hetero) is 1. The van der Waals surface area contributed by atoms with Crippen LogP contribution in [0.15, 0.2) is 66.9 Å². The summed E-state index contributed by atoms with van der Waals surface area (Å²) < 4.78 is 14.5. The maximum atomic E-state index is 14.5. The average Bonchev–Trinajstić information content (AvgIpc) is 3.53. The number of pyridine rings is 1. The van der Waals surface area contributed by atoms with Gasteiger partial charge in [0.2, 0.25) is 5.91 Å². The van der Waals surface area contributed by atoms with Gasteiger partial charge < -0.3 is 5.32 Å². The van der Waals surface area contributed by atoms with E-state index >= 15 is 0 Å². The van der Waals surface area contributed by atoms with E-state index in [1.165, 1.54) is 36.5 Å². The Hall–Kier alpha value is -3.63. The molecule has 2 fully saturated rings. The number of carbonyl (C=O) groups is 2. The van der Waals surface area contributed by atoms with Crippen LogP contribution in [0.4, 0.5) is 15.8 Å². The van der Waals surface area contributed by atoms with Gasteiger partial charge in [-0.2, -0.15) is 0 Å². The third-order valence-electron chi connectivity index (χ3n) is 7.27. The highest BCUT2D eigenvalue weighted by Gasteiger charge is 2.69. The molecule has 3 aliphatic rings. The molecule has 3 aromatic rings. The minimum atomic E-state index is -1.42. The Kier molecular flexibility index (Phi) is 4.97. The number of hydrogen-bond donors (Lipinski definition) is 1. The molecule has 176 valence electrons. The van der Waals surface area contributed by atoms with Gasteiger partial charge in [-0.05, 0) is 35.9 Å². The summed E-state index contributed by atoms with van der Waals surface area (Å²) >= 11 is 1.64. The normalized spacial score (nSPS) is 27.0. The highest BCUT2D eigenvalue weighted by molar-refractivity contribution is 7.99. The maximum Gasteiger partial charge on any atom is 0.269 e. The van der Waals surface area contributed by atoms with Crippen molar-refractivity contribution in [1.82, 2.24) is 9.88 Å². The quantitative estimate of drug-likeness (QED) is 0.335. The summed E-state index contributed by atoms with van der Waals surface area (Å²) in [5.41, 5.74) is 0.376. The zero-order valence-corrected chi connectivity index (χ0v) is 19.1. The number of carbonyl (C=O) groups excluding carboxylic acids is 2. The van der Waals surface area contributed by atoms with Gasteiger partial charge in [0.25, 0.3) is 5.69 Å². The summed E-state index contributed by atoms with van der Waals surface area (Å²) in [6.45, 7) is 0. The van der Waals surface area contributed by atoms with Crippen molar-refractivity contribution in [2.24, 2.45) is 5.92 Å². The van der Waals surface area contributed by atoms with Crippen molar-refractivity contribution < 1.29 is 18.9 Å². The summed E-state index contributed by atoms with van der Waals surface area (Å²) in [4.78, 5) is 45.0. The minimum absolute atomic E-state index is 0.0576. The summed E-state index contributed by atoms with van der Waals surface area (Å²) in [7, 11) is 0. The zero-order chi connectivity index (χ0) is 24.3. The molecule has 3 aliphatic heterocycles. The van der Waals surface area contributed by atoms with E-state index in [1.54, 1.807) is 42.1 Å². The van der Waals surface area contributed by atoms with Gasteiger partial charge in [0.05, 0.1) is 10.8 Å². The van der Waals surface area contributed by atoms with Gasteiger partial charge in [-0.25, -0.2) is 4.39 Å². The number of benzene rings is 2. The molecule has 1 N–H and O–H groups in total. The molecule has 0 unspecified atom stereocenters. The van der Waals surface area contributed by atoms with E-state index in [9.17, 15) is 24.1 Å². The molecule has 4 atom stereocenters. The van der Waals surface area contributed by atoms with Crippen LogP contribution in [0.3, 0.4) is 0 Å². The molecule has 10 heteroatoms. The molecule has 0 aliphatic carbocycles. The Labute approximate surface area is 203 Å². The first-order chi connectivity index (χ1) is 16.9. The standard InChI is InChI=1S/C25H19FN4O4S/c26-15-6-9-18-17(11-15)25(24(32)28-18)22(23(31)19-3-1-2-10-27-19)21(20-12-35-13-29(20)25)14-4-7-16(8-5-14)30(33)34/h1-11,20-22H,12-13H2,(H,28,32)/t20-,21-,22+,25+/m1/s1. The molecule has 0 bridgehead atoms. The number of amides is 1. The molecular weight excluding hydrogens is 471 g/mol. The van der Waals surface area contributed by atoms with E-state index in [-0.39, 0.29) is 29.1 Å². The van der Waals surface area contributed by atoms with E-state index in [4.69, 9.17) is 0 Å². The second-order valence-corrected chi connectivity index (χ2v) is 9.88. The Bertz CT molecular complexity index is 1370. The maximum absolute atomic E-state index is 14.5. The second-order valence-electron chi connectivity index (χ2n) is 8.88. The van der Waals surface area contributed by atoms with Crippen LogP contribution < -0.4 is 5.32 Å². The zero-order valence-electron chi connectivity index (χ0n) is 18.3.